The molecular weight excluding hydrogens is 416 g/mol. The van der Waals surface area contributed by atoms with Crippen LogP contribution in [0.15, 0.2) is 60.7 Å². The molecule has 0 aliphatic heterocycles. The van der Waals surface area contributed by atoms with E-state index in [9.17, 15) is 18.4 Å². The summed E-state index contributed by atoms with van der Waals surface area (Å²) in [4.78, 5) is 23.8. The third-order valence-corrected chi connectivity index (χ3v) is 4.54. The Morgan fingerprint density at radius 1 is 1.00 bits per heavy atom. The number of carbonyl (C=O) groups excluding carboxylic acids is 1. The topological polar surface area (TPSA) is 75.6 Å². The molecule has 1 atom stereocenters. The molecule has 0 heterocycles. The number of hydrogen-bond acceptors (Lipinski definition) is 3. The lowest BCUT2D eigenvalue weighted by Gasteiger charge is -2.17. The van der Waals surface area contributed by atoms with E-state index in [1.165, 1.54) is 30.3 Å². The average Bonchev–Trinajstić information content (AvgIpc) is 2.71. The van der Waals surface area contributed by atoms with Crippen molar-refractivity contribution in [2.45, 2.75) is 13.0 Å². The summed E-state index contributed by atoms with van der Waals surface area (Å²) in [7, 11) is 0. The normalized spacial score (nSPS) is 11.6. The third-order valence-electron chi connectivity index (χ3n) is 4.31. The molecule has 0 aliphatic carbocycles. The van der Waals surface area contributed by atoms with Crippen molar-refractivity contribution in [3.05, 3.63) is 94.0 Å². The number of aromatic carboxylic acids is 1. The average molecular weight is 432 g/mol. The summed E-state index contributed by atoms with van der Waals surface area (Å²) in [5, 5.41) is 12.0. The van der Waals surface area contributed by atoms with Crippen LogP contribution in [-0.2, 0) is 0 Å². The third kappa shape index (κ3) is 4.93. The molecule has 3 aromatic rings. The molecule has 0 spiro atoms. The lowest BCUT2D eigenvalue weighted by molar-refractivity contribution is 0.0696. The van der Waals surface area contributed by atoms with Gasteiger partial charge in [-0.15, -0.1) is 0 Å². The first-order valence-corrected chi connectivity index (χ1v) is 9.19. The van der Waals surface area contributed by atoms with Gasteiger partial charge in [0.25, 0.3) is 5.91 Å². The van der Waals surface area contributed by atoms with Crippen molar-refractivity contribution in [1.82, 2.24) is 5.32 Å². The van der Waals surface area contributed by atoms with Gasteiger partial charge in [-0.25, -0.2) is 13.6 Å². The van der Waals surface area contributed by atoms with Crippen LogP contribution in [0.5, 0.6) is 11.5 Å². The van der Waals surface area contributed by atoms with Gasteiger partial charge in [-0.2, -0.15) is 0 Å². The summed E-state index contributed by atoms with van der Waals surface area (Å²) in [6.45, 7) is 1.72. The number of carboxylic acids is 1. The lowest BCUT2D eigenvalue weighted by atomic mass is 10.1. The number of rotatable bonds is 6. The van der Waals surface area contributed by atoms with Crippen LogP contribution in [0.4, 0.5) is 8.78 Å². The molecule has 1 amide bonds. The highest BCUT2D eigenvalue weighted by molar-refractivity contribution is 6.31. The number of halogens is 3. The van der Waals surface area contributed by atoms with Crippen LogP contribution in [0.2, 0.25) is 5.02 Å². The van der Waals surface area contributed by atoms with Gasteiger partial charge in [0, 0.05) is 11.1 Å². The fraction of sp³-hybridized carbons (Fsp3) is 0.0909. The van der Waals surface area contributed by atoms with Gasteiger partial charge in [0.15, 0.2) is 11.6 Å². The molecular formula is C22H16ClF2NO4. The Morgan fingerprint density at radius 3 is 2.30 bits per heavy atom. The van der Waals surface area contributed by atoms with Crippen LogP contribution in [0.25, 0.3) is 0 Å². The second kappa shape index (κ2) is 8.92. The summed E-state index contributed by atoms with van der Waals surface area (Å²) in [6.07, 6.45) is 0. The molecule has 0 saturated carbocycles. The minimum Gasteiger partial charge on any atom is -0.478 e. The smallest absolute Gasteiger partial charge is 0.335 e. The highest BCUT2D eigenvalue weighted by Gasteiger charge is 2.18. The molecule has 154 valence electrons. The predicted octanol–water partition coefficient (Wildman–Crippen LogP) is 5.60. The zero-order chi connectivity index (χ0) is 21.8. The standard InChI is InChI=1S/C22H16ClF2NO4/c1-12(13-2-4-14(5-3-13)22(28)29)26-21(27)17-10-15(23)6-8-19(17)30-20-9-7-16(24)11-18(20)25/h2-12H,1H3,(H,26,27)(H,28,29)/t12-/m0/s1. The molecule has 30 heavy (non-hydrogen) atoms. The first-order valence-electron chi connectivity index (χ1n) is 8.81. The van der Waals surface area contributed by atoms with Crippen molar-refractivity contribution in [2.75, 3.05) is 0 Å². The highest BCUT2D eigenvalue weighted by atomic mass is 35.5. The van der Waals surface area contributed by atoms with Crippen LogP contribution >= 0.6 is 11.6 Å². The summed E-state index contributed by atoms with van der Waals surface area (Å²) in [5.41, 5.74) is 0.867. The molecule has 0 bridgehead atoms. The minimum absolute atomic E-state index is 0.0378. The van der Waals surface area contributed by atoms with Gasteiger partial charge in [0.05, 0.1) is 17.2 Å². The Hall–Kier alpha value is -3.45. The molecule has 2 N–H and O–H groups in total. The molecule has 0 aromatic heterocycles. The van der Waals surface area contributed by atoms with Crippen molar-refractivity contribution in [1.29, 1.82) is 0 Å². The fourth-order valence-corrected chi connectivity index (χ4v) is 2.89. The Kier molecular flexibility index (Phi) is 6.32. The first kappa shape index (κ1) is 21.3. The molecule has 0 saturated heterocycles. The highest BCUT2D eigenvalue weighted by Crippen LogP contribution is 2.30. The Bertz CT molecular complexity index is 1100. The van der Waals surface area contributed by atoms with Crippen molar-refractivity contribution in [3.63, 3.8) is 0 Å². The van der Waals surface area contributed by atoms with E-state index in [2.05, 4.69) is 5.32 Å². The number of carbonyl (C=O) groups is 2. The number of ether oxygens (including phenoxy) is 1. The van der Waals surface area contributed by atoms with Gasteiger partial charge in [0.1, 0.15) is 11.6 Å². The van der Waals surface area contributed by atoms with Gasteiger partial charge in [-0.1, -0.05) is 23.7 Å². The number of hydrogen-bond donors (Lipinski definition) is 2. The maximum atomic E-state index is 13.9. The second-order valence-corrected chi connectivity index (χ2v) is 6.88. The monoisotopic (exact) mass is 431 g/mol. The van der Waals surface area contributed by atoms with Gasteiger partial charge in [-0.05, 0) is 55.0 Å². The quantitative estimate of drug-likeness (QED) is 0.532. The van der Waals surface area contributed by atoms with E-state index in [1.54, 1.807) is 19.1 Å². The molecule has 8 heteroatoms. The molecule has 3 aromatic carbocycles. The van der Waals surface area contributed by atoms with E-state index >= 15 is 0 Å². The van der Waals surface area contributed by atoms with E-state index in [-0.39, 0.29) is 27.6 Å². The van der Waals surface area contributed by atoms with E-state index in [4.69, 9.17) is 21.4 Å². The van der Waals surface area contributed by atoms with Gasteiger partial charge < -0.3 is 15.2 Å². The number of amides is 1. The SMILES string of the molecule is C[C@H](NC(=O)c1cc(Cl)ccc1Oc1ccc(F)cc1F)c1ccc(C(=O)O)cc1. The predicted molar refractivity (Wildman–Crippen MR) is 107 cm³/mol. The maximum absolute atomic E-state index is 13.9. The zero-order valence-corrected chi connectivity index (χ0v) is 16.4. The van der Waals surface area contributed by atoms with Crippen LogP contribution in [0.3, 0.4) is 0 Å². The van der Waals surface area contributed by atoms with Gasteiger partial charge in [-0.3, -0.25) is 4.79 Å². The summed E-state index contributed by atoms with van der Waals surface area (Å²) >= 11 is 6.00. The number of nitrogens with one attached hydrogen (secondary N) is 1. The van der Waals surface area contributed by atoms with Crippen LogP contribution in [-0.4, -0.2) is 17.0 Å². The lowest BCUT2D eigenvalue weighted by Crippen LogP contribution is -2.27. The molecule has 3 rings (SSSR count). The van der Waals surface area contributed by atoms with Crippen molar-refractivity contribution >= 4 is 23.5 Å². The second-order valence-electron chi connectivity index (χ2n) is 6.44. The van der Waals surface area contributed by atoms with E-state index in [1.807, 2.05) is 0 Å². The van der Waals surface area contributed by atoms with Gasteiger partial charge in [0.2, 0.25) is 0 Å². The van der Waals surface area contributed by atoms with Crippen LogP contribution < -0.4 is 10.1 Å². The molecule has 5 nitrogen and oxygen atoms in total. The van der Waals surface area contributed by atoms with Crippen molar-refractivity contribution in [3.8, 4) is 11.5 Å². The Morgan fingerprint density at radius 2 is 1.67 bits per heavy atom. The molecule has 0 unspecified atom stereocenters. The van der Waals surface area contributed by atoms with Crippen LogP contribution in [0.1, 0.15) is 39.2 Å². The first-order chi connectivity index (χ1) is 14.2. The Balaban J connectivity index is 1.82. The molecule has 0 aliphatic rings. The largest absolute Gasteiger partial charge is 0.478 e. The summed E-state index contributed by atoms with van der Waals surface area (Å²) < 4.78 is 32.5. The maximum Gasteiger partial charge on any atom is 0.335 e. The van der Waals surface area contributed by atoms with Crippen LogP contribution in [0, 0.1) is 11.6 Å². The van der Waals surface area contributed by atoms with E-state index in [0.29, 0.717) is 11.6 Å². The van der Waals surface area contributed by atoms with E-state index < -0.39 is 29.6 Å². The minimum atomic E-state index is -1.05. The van der Waals surface area contributed by atoms with Crippen molar-refractivity contribution in [2.24, 2.45) is 0 Å². The molecule has 0 fully saturated rings. The Labute approximate surface area is 175 Å². The number of carboxylic acid groups (broad SMARTS) is 1. The number of benzene rings is 3. The van der Waals surface area contributed by atoms with E-state index in [0.717, 1.165) is 12.1 Å². The molecule has 0 radical (unpaired) electrons. The summed E-state index contributed by atoms with van der Waals surface area (Å²) in [5.74, 6) is -3.46. The van der Waals surface area contributed by atoms with Gasteiger partial charge >= 0.3 is 5.97 Å². The summed E-state index contributed by atoms with van der Waals surface area (Å²) in [6, 6.07) is 12.7. The van der Waals surface area contributed by atoms with Crippen molar-refractivity contribution < 1.29 is 28.2 Å². The fourth-order valence-electron chi connectivity index (χ4n) is 2.72. The zero-order valence-electron chi connectivity index (χ0n) is 15.7.